The first-order valence-corrected chi connectivity index (χ1v) is 12.8. The number of carboxylic acid groups (broad SMARTS) is 1. The van der Waals surface area contributed by atoms with Crippen LogP contribution in [-0.2, 0) is 32.0 Å². The van der Waals surface area contributed by atoms with Crippen LogP contribution in [0.5, 0.6) is 0 Å². The van der Waals surface area contributed by atoms with Gasteiger partial charge in [-0.25, -0.2) is 9.78 Å². The molecule has 2 heterocycles. The van der Waals surface area contributed by atoms with Gasteiger partial charge in [0.05, 0.1) is 12.4 Å². The van der Waals surface area contributed by atoms with E-state index in [0.29, 0.717) is 25.1 Å². The molecule has 13 heteroatoms. The van der Waals surface area contributed by atoms with Gasteiger partial charge in [-0.05, 0) is 50.8 Å². The third kappa shape index (κ3) is 8.38. The Hall–Kier alpha value is -4.23. The number of amides is 3. The third-order valence-electron chi connectivity index (χ3n) is 6.38. The van der Waals surface area contributed by atoms with Crippen LogP contribution < -0.4 is 27.4 Å². The van der Waals surface area contributed by atoms with Gasteiger partial charge in [0.2, 0.25) is 17.7 Å². The largest absolute Gasteiger partial charge is 0.480 e. The molecule has 0 bridgehead atoms. The van der Waals surface area contributed by atoms with Gasteiger partial charge in [-0.1, -0.05) is 18.2 Å². The molecule has 0 aliphatic carbocycles. The highest BCUT2D eigenvalue weighted by atomic mass is 16.4. The van der Waals surface area contributed by atoms with Gasteiger partial charge in [0.15, 0.2) is 0 Å². The lowest BCUT2D eigenvalue weighted by Gasteiger charge is -2.23. The zero-order valence-electron chi connectivity index (χ0n) is 21.8. The van der Waals surface area contributed by atoms with Crippen LogP contribution in [0.4, 0.5) is 0 Å². The minimum absolute atomic E-state index is 0.0352. The van der Waals surface area contributed by atoms with Crippen LogP contribution in [-0.4, -0.2) is 74.5 Å². The van der Waals surface area contributed by atoms with Gasteiger partial charge < -0.3 is 42.5 Å². The molecule has 0 spiro atoms. The van der Waals surface area contributed by atoms with Crippen LogP contribution in [0, 0.1) is 0 Å². The Balaban J connectivity index is 1.61. The van der Waals surface area contributed by atoms with E-state index in [1.165, 1.54) is 19.4 Å². The average Bonchev–Trinajstić information content (AvgIpc) is 3.57. The molecule has 0 aliphatic heterocycles. The second-order valence-corrected chi connectivity index (χ2v) is 9.43. The van der Waals surface area contributed by atoms with Crippen LogP contribution >= 0.6 is 0 Å². The van der Waals surface area contributed by atoms with Crippen molar-refractivity contribution < 1.29 is 24.3 Å². The molecule has 3 amide bonds. The summed E-state index contributed by atoms with van der Waals surface area (Å²) >= 11 is 0. The molecule has 3 aromatic rings. The average molecular weight is 541 g/mol. The van der Waals surface area contributed by atoms with E-state index in [1.807, 2.05) is 24.3 Å². The number of hydrogen-bond donors (Lipinski definition) is 8. The van der Waals surface area contributed by atoms with E-state index in [9.17, 15) is 24.3 Å². The molecule has 2 aromatic heterocycles. The number of fused-ring (bicyclic) bond motifs is 1. The summed E-state index contributed by atoms with van der Waals surface area (Å²) in [6, 6.07) is 3.48. The molecular formula is C26H36N8O5. The predicted octanol–water partition coefficient (Wildman–Crippen LogP) is -0.309. The fourth-order valence-electron chi connectivity index (χ4n) is 4.16. The molecule has 39 heavy (non-hydrogen) atoms. The maximum Gasteiger partial charge on any atom is 0.326 e. The number of unbranched alkanes of at least 4 members (excludes halogenated alkanes) is 1. The summed E-state index contributed by atoms with van der Waals surface area (Å²) in [6.07, 6.45) is 6.36. The minimum atomic E-state index is -1.18. The SMILES string of the molecule is CC(NC(=O)C(N)Cc1c[nH]c2ccccc12)C(=O)NC(Cc1cnc[nH]1)C(=O)NC(CCCCN)C(=O)O. The van der Waals surface area contributed by atoms with Crippen molar-refractivity contribution in [1.82, 2.24) is 30.9 Å². The Morgan fingerprint density at radius 1 is 0.974 bits per heavy atom. The van der Waals surface area contributed by atoms with Crippen molar-refractivity contribution in [3.63, 3.8) is 0 Å². The van der Waals surface area contributed by atoms with E-state index in [0.717, 1.165) is 16.5 Å². The molecular weight excluding hydrogens is 504 g/mol. The molecule has 4 unspecified atom stereocenters. The van der Waals surface area contributed by atoms with Crippen molar-refractivity contribution in [2.24, 2.45) is 11.5 Å². The molecule has 4 atom stereocenters. The number of imidazole rings is 1. The first kappa shape index (κ1) is 29.3. The Bertz CT molecular complexity index is 1260. The van der Waals surface area contributed by atoms with E-state index < -0.39 is 47.9 Å². The molecule has 1 aromatic carbocycles. The van der Waals surface area contributed by atoms with Crippen LogP contribution in [0.25, 0.3) is 10.9 Å². The van der Waals surface area contributed by atoms with Gasteiger partial charge >= 0.3 is 5.97 Å². The molecule has 0 saturated carbocycles. The van der Waals surface area contributed by atoms with E-state index in [-0.39, 0.29) is 19.3 Å². The number of para-hydroxylation sites is 1. The number of rotatable bonds is 15. The van der Waals surface area contributed by atoms with Gasteiger partial charge in [-0.3, -0.25) is 14.4 Å². The number of nitrogens with one attached hydrogen (secondary N) is 5. The second kappa shape index (κ2) is 14.1. The molecule has 10 N–H and O–H groups in total. The molecule has 0 saturated heterocycles. The Morgan fingerprint density at radius 3 is 2.41 bits per heavy atom. The van der Waals surface area contributed by atoms with Gasteiger partial charge in [0.25, 0.3) is 0 Å². The highest BCUT2D eigenvalue weighted by Gasteiger charge is 2.29. The van der Waals surface area contributed by atoms with Crippen molar-refractivity contribution in [3.8, 4) is 0 Å². The molecule has 0 fully saturated rings. The standard InChI is InChI=1S/C26H36N8O5/c1-15(32-24(36)19(28)10-16-12-30-20-7-3-2-6-18(16)20)23(35)34-22(11-17-13-29-14-31-17)25(37)33-21(26(38)39)8-4-5-9-27/h2-3,6-7,12-15,19,21-22,30H,4-5,8-11,27-28H2,1H3,(H,29,31)(H,32,36)(H,33,37)(H,34,35)(H,38,39). The number of aliphatic carboxylic acids is 1. The maximum absolute atomic E-state index is 13.0. The summed E-state index contributed by atoms with van der Waals surface area (Å²) in [5.74, 6) is -3.01. The maximum atomic E-state index is 13.0. The van der Waals surface area contributed by atoms with Gasteiger partial charge in [0.1, 0.15) is 18.1 Å². The number of aromatic nitrogens is 3. The normalized spacial score (nSPS) is 14.2. The monoisotopic (exact) mass is 540 g/mol. The van der Waals surface area contributed by atoms with Gasteiger partial charge in [-0.2, -0.15) is 0 Å². The summed E-state index contributed by atoms with van der Waals surface area (Å²) in [5, 5.41) is 18.2. The number of nitrogens with two attached hydrogens (primary N) is 2. The number of aromatic amines is 2. The van der Waals surface area contributed by atoms with Crippen LogP contribution in [0.1, 0.15) is 37.4 Å². The van der Waals surface area contributed by atoms with Gasteiger partial charge in [0, 0.05) is 35.4 Å². The summed E-state index contributed by atoms with van der Waals surface area (Å²) in [6.45, 7) is 1.89. The summed E-state index contributed by atoms with van der Waals surface area (Å²) < 4.78 is 0. The fourth-order valence-corrected chi connectivity index (χ4v) is 4.16. The van der Waals surface area contributed by atoms with Crippen LogP contribution in [0.15, 0.2) is 43.0 Å². The molecule has 3 rings (SSSR count). The number of benzene rings is 1. The van der Waals surface area contributed by atoms with Crippen molar-refractivity contribution in [1.29, 1.82) is 0 Å². The lowest BCUT2D eigenvalue weighted by molar-refractivity contribution is -0.142. The summed E-state index contributed by atoms with van der Waals surface area (Å²) in [7, 11) is 0. The summed E-state index contributed by atoms with van der Waals surface area (Å²) in [5.41, 5.74) is 14.0. The van der Waals surface area contributed by atoms with E-state index >= 15 is 0 Å². The highest BCUT2D eigenvalue weighted by molar-refractivity contribution is 5.94. The Kier molecular flexibility index (Phi) is 10.6. The molecule has 13 nitrogen and oxygen atoms in total. The smallest absolute Gasteiger partial charge is 0.326 e. The van der Waals surface area contributed by atoms with Crippen molar-refractivity contribution >= 4 is 34.6 Å². The number of carbonyl (C=O) groups excluding carboxylic acids is 3. The third-order valence-corrected chi connectivity index (χ3v) is 6.38. The lowest BCUT2D eigenvalue weighted by atomic mass is 10.0. The van der Waals surface area contributed by atoms with E-state index in [4.69, 9.17) is 11.5 Å². The predicted molar refractivity (Wildman–Crippen MR) is 144 cm³/mol. The van der Waals surface area contributed by atoms with E-state index in [2.05, 4.69) is 30.9 Å². The van der Waals surface area contributed by atoms with Gasteiger partial charge in [-0.15, -0.1) is 0 Å². The minimum Gasteiger partial charge on any atom is -0.480 e. The second-order valence-electron chi connectivity index (χ2n) is 9.43. The number of hydrogen-bond acceptors (Lipinski definition) is 7. The number of H-pyrrole nitrogens is 2. The van der Waals surface area contributed by atoms with Crippen molar-refractivity contribution in [3.05, 3.63) is 54.2 Å². The Morgan fingerprint density at radius 2 is 1.72 bits per heavy atom. The molecule has 0 aliphatic rings. The number of nitrogens with zero attached hydrogens (tertiary/aromatic N) is 1. The first-order chi connectivity index (χ1) is 18.7. The zero-order chi connectivity index (χ0) is 28.4. The zero-order valence-corrected chi connectivity index (χ0v) is 21.8. The first-order valence-electron chi connectivity index (χ1n) is 12.8. The van der Waals surface area contributed by atoms with Crippen LogP contribution in [0.2, 0.25) is 0 Å². The van der Waals surface area contributed by atoms with Crippen molar-refractivity contribution in [2.75, 3.05) is 6.54 Å². The summed E-state index contributed by atoms with van der Waals surface area (Å²) in [4.78, 5) is 60.3. The highest BCUT2D eigenvalue weighted by Crippen LogP contribution is 2.18. The van der Waals surface area contributed by atoms with E-state index in [1.54, 1.807) is 6.20 Å². The quantitative estimate of drug-likeness (QED) is 0.119. The lowest BCUT2D eigenvalue weighted by Crippen LogP contribution is -2.57. The van der Waals surface area contributed by atoms with Crippen LogP contribution in [0.3, 0.4) is 0 Å². The van der Waals surface area contributed by atoms with Crippen molar-refractivity contribution in [2.45, 2.75) is 63.2 Å². The number of carboxylic acids is 1. The topological polar surface area (TPSA) is 221 Å². The number of carbonyl (C=O) groups is 4. The Labute approximate surface area is 225 Å². The molecule has 210 valence electrons. The molecule has 0 radical (unpaired) electrons. The fraction of sp³-hybridized carbons (Fsp3) is 0.423.